The number of benzene rings is 2. The van der Waals surface area contributed by atoms with E-state index in [1.54, 1.807) is 18.2 Å². The van der Waals surface area contributed by atoms with Gasteiger partial charge in [-0.25, -0.2) is 4.39 Å². The lowest BCUT2D eigenvalue weighted by atomic mass is 10.2. The van der Waals surface area contributed by atoms with E-state index in [-0.39, 0.29) is 11.7 Å². The molecular formula is C19H23FN4O. The fourth-order valence-corrected chi connectivity index (χ4v) is 3.02. The van der Waals surface area contributed by atoms with Crippen molar-refractivity contribution in [3.63, 3.8) is 0 Å². The number of rotatable bonds is 4. The number of amides is 1. The summed E-state index contributed by atoms with van der Waals surface area (Å²) in [6.45, 7) is 5.09. The van der Waals surface area contributed by atoms with E-state index in [2.05, 4.69) is 10.2 Å². The SMILES string of the molecule is Cc1ccc(N)cc1NC(=O)CN1CCN(c2ccccc2F)CC1. The molecule has 5 nitrogen and oxygen atoms in total. The Balaban J connectivity index is 1.53. The second-order valence-electron chi connectivity index (χ2n) is 6.34. The molecule has 3 rings (SSSR count). The van der Waals surface area contributed by atoms with Gasteiger partial charge in [0, 0.05) is 37.6 Å². The fraction of sp³-hybridized carbons (Fsp3) is 0.316. The molecule has 0 saturated carbocycles. The molecule has 0 atom stereocenters. The van der Waals surface area contributed by atoms with Crippen LogP contribution in [0.4, 0.5) is 21.5 Å². The molecule has 1 saturated heterocycles. The summed E-state index contributed by atoms with van der Waals surface area (Å²) in [6, 6.07) is 12.3. The summed E-state index contributed by atoms with van der Waals surface area (Å²) < 4.78 is 13.9. The summed E-state index contributed by atoms with van der Waals surface area (Å²) in [5.74, 6) is -0.265. The molecule has 1 fully saturated rings. The molecule has 2 aromatic carbocycles. The number of hydrogen-bond donors (Lipinski definition) is 2. The Labute approximate surface area is 147 Å². The topological polar surface area (TPSA) is 61.6 Å². The van der Waals surface area contributed by atoms with Crippen LogP contribution >= 0.6 is 0 Å². The first kappa shape index (κ1) is 17.2. The average Bonchev–Trinajstić information content (AvgIpc) is 2.59. The largest absolute Gasteiger partial charge is 0.399 e. The summed E-state index contributed by atoms with van der Waals surface area (Å²) >= 11 is 0. The zero-order chi connectivity index (χ0) is 17.8. The minimum Gasteiger partial charge on any atom is -0.399 e. The van der Waals surface area contributed by atoms with E-state index < -0.39 is 0 Å². The van der Waals surface area contributed by atoms with Crippen LogP contribution in [0.2, 0.25) is 0 Å². The molecule has 0 unspecified atom stereocenters. The van der Waals surface area contributed by atoms with Crippen LogP contribution in [0.15, 0.2) is 42.5 Å². The van der Waals surface area contributed by atoms with Crippen molar-refractivity contribution in [2.45, 2.75) is 6.92 Å². The van der Waals surface area contributed by atoms with Gasteiger partial charge in [-0.2, -0.15) is 0 Å². The van der Waals surface area contributed by atoms with Crippen LogP contribution in [0, 0.1) is 12.7 Å². The Kier molecular flexibility index (Phi) is 5.19. The van der Waals surface area contributed by atoms with Gasteiger partial charge in [0.25, 0.3) is 0 Å². The van der Waals surface area contributed by atoms with Gasteiger partial charge in [-0.15, -0.1) is 0 Å². The van der Waals surface area contributed by atoms with E-state index in [0.717, 1.165) is 24.3 Å². The predicted octanol–water partition coefficient (Wildman–Crippen LogP) is 2.48. The molecule has 0 radical (unpaired) electrons. The van der Waals surface area contributed by atoms with Gasteiger partial charge in [-0.3, -0.25) is 9.69 Å². The van der Waals surface area contributed by atoms with E-state index in [1.807, 2.05) is 30.0 Å². The number of anilines is 3. The lowest BCUT2D eigenvalue weighted by molar-refractivity contribution is -0.117. The third kappa shape index (κ3) is 4.28. The number of nitrogen functional groups attached to an aromatic ring is 1. The van der Waals surface area contributed by atoms with Crippen molar-refractivity contribution in [2.24, 2.45) is 0 Å². The van der Waals surface area contributed by atoms with Crippen LogP contribution < -0.4 is 16.0 Å². The molecule has 1 amide bonds. The lowest BCUT2D eigenvalue weighted by Crippen LogP contribution is -2.48. The number of carbonyl (C=O) groups excluding carboxylic acids is 1. The highest BCUT2D eigenvalue weighted by Gasteiger charge is 2.21. The first-order chi connectivity index (χ1) is 12.0. The monoisotopic (exact) mass is 342 g/mol. The highest BCUT2D eigenvalue weighted by molar-refractivity contribution is 5.93. The summed E-state index contributed by atoms with van der Waals surface area (Å²) in [6.07, 6.45) is 0. The minimum absolute atomic E-state index is 0.0620. The van der Waals surface area contributed by atoms with Crippen LogP contribution in [0.25, 0.3) is 0 Å². The molecule has 0 bridgehead atoms. The quantitative estimate of drug-likeness (QED) is 0.838. The first-order valence-corrected chi connectivity index (χ1v) is 8.41. The maximum absolute atomic E-state index is 13.9. The maximum atomic E-state index is 13.9. The Morgan fingerprint density at radius 1 is 1.16 bits per heavy atom. The molecule has 1 heterocycles. The van der Waals surface area contributed by atoms with Gasteiger partial charge < -0.3 is 16.0 Å². The minimum atomic E-state index is -0.203. The second-order valence-corrected chi connectivity index (χ2v) is 6.34. The number of nitrogens with zero attached hydrogens (tertiary/aromatic N) is 2. The third-order valence-electron chi connectivity index (χ3n) is 4.47. The number of halogens is 1. The number of nitrogens with one attached hydrogen (secondary N) is 1. The van der Waals surface area contributed by atoms with Crippen molar-refractivity contribution >= 4 is 23.0 Å². The van der Waals surface area contributed by atoms with Crippen molar-refractivity contribution in [1.82, 2.24) is 4.90 Å². The second kappa shape index (κ2) is 7.53. The Bertz CT molecular complexity index is 757. The summed E-state index contributed by atoms with van der Waals surface area (Å²) in [5.41, 5.74) is 8.75. The molecule has 0 aromatic heterocycles. The highest BCUT2D eigenvalue weighted by Crippen LogP contribution is 2.21. The van der Waals surface area contributed by atoms with Gasteiger partial charge in [-0.05, 0) is 36.8 Å². The Morgan fingerprint density at radius 3 is 2.60 bits per heavy atom. The molecule has 6 heteroatoms. The van der Waals surface area contributed by atoms with Crippen LogP contribution in [0.1, 0.15) is 5.56 Å². The molecule has 25 heavy (non-hydrogen) atoms. The first-order valence-electron chi connectivity index (χ1n) is 8.41. The van der Waals surface area contributed by atoms with E-state index in [0.29, 0.717) is 31.0 Å². The molecular weight excluding hydrogens is 319 g/mol. The maximum Gasteiger partial charge on any atom is 0.238 e. The Hall–Kier alpha value is -2.60. The van der Waals surface area contributed by atoms with Crippen LogP contribution in [-0.4, -0.2) is 43.5 Å². The third-order valence-corrected chi connectivity index (χ3v) is 4.47. The number of para-hydroxylation sites is 1. The standard InChI is InChI=1S/C19H23FN4O/c1-14-6-7-15(21)12-17(14)22-19(25)13-23-8-10-24(11-9-23)18-5-3-2-4-16(18)20/h2-7,12H,8-11,13,21H2,1H3,(H,22,25). The van der Waals surface area contributed by atoms with E-state index in [4.69, 9.17) is 5.73 Å². The smallest absolute Gasteiger partial charge is 0.238 e. The number of hydrogen-bond acceptors (Lipinski definition) is 4. The van der Waals surface area contributed by atoms with E-state index in [1.165, 1.54) is 6.07 Å². The van der Waals surface area contributed by atoms with Gasteiger partial charge >= 0.3 is 0 Å². The van der Waals surface area contributed by atoms with Crippen LogP contribution in [-0.2, 0) is 4.79 Å². The lowest BCUT2D eigenvalue weighted by Gasteiger charge is -2.35. The van der Waals surface area contributed by atoms with Gasteiger partial charge in [0.15, 0.2) is 0 Å². The molecule has 3 N–H and O–H groups in total. The van der Waals surface area contributed by atoms with Gasteiger partial charge in [-0.1, -0.05) is 18.2 Å². The van der Waals surface area contributed by atoms with Crippen molar-refractivity contribution in [3.8, 4) is 0 Å². The van der Waals surface area contributed by atoms with Crippen LogP contribution in [0.5, 0.6) is 0 Å². The number of nitrogens with two attached hydrogens (primary N) is 1. The number of piperazine rings is 1. The molecule has 0 spiro atoms. The zero-order valence-electron chi connectivity index (χ0n) is 14.3. The molecule has 1 aliphatic rings. The fourth-order valence-electron chi connectivity index (χ4n) is 3.02. The van der Waals surface area contributed by atoms with E-state index >= 15 is 0 Å². The normalized spacial score (nSPS) is 15.2. The van der Waals surface area contributed by atoms with Crippen molar-refractivity contribution in [1.29, 1.82) is 0 Å². The van der Waals surface area contributed by atoms with Gasteiger partial charge in [0.05, 0.1) is 12.2 Å². The zero-order valence-corrected chi connectivity index (χ0v) is 14.3. The predicted molar refractivity (Wildman–Crippen MR) is 99.3 cm³/mol. The molecule has 132 valence electrons. The summed E-state index contributed by atoms with van der Waals surface area (Å²) in [4.78, 5) is 16.4. The van der Waals surface area contributed by atoms with Crippen molar-refractivity contribution in [3.05, 3.63) is 53.8 Å². The van der Waals surface area contributed by atoms with Crippen molar-refractivity contribution in [2.75, 3.05) is 48.7 Å². The Morgan fingerprint density at radius 2 is 1.88 bits per heavy atom. The molecule has 1 aliphatic heterocycles. The summed E-state index contributed by atoms with van der Waals surface area (Å²) in [7, 11) is 0. The number of aryl methyl sites for hydroxylation is 1. The molecule has 0 aliphatic carbocycles. The molecule has 2 aromatic rings. The van der Waals surface area contributed by atoms with E-state index in [9.17, 15) is 9.18 Å². The van der Waals surface area contributed by atoms with Gasteiger partial charge in [0.2, 0.25) is 5.91 Å². The van der Waals surface area contributed by atoms with Gasteiger partial charge in [0.1, 0.15) is 5.82 Å². The van der Waals surface area contributed by atoms with Crippen molar-refractivity contribution < 1.29 is 9.18 Å². The summed E-state index contributed by atoms with van der Waals surface area (Å²) in [5, 5.41) is 2.92. The van der Waals surface area contributed by atoms with Crippen LogP contribution in [0.3, 0.4) is 0 Å². The average molecular weight is 342 g/mol. The highest BCUT2D eigenvalue weighted by atomic mass is 19.1. The number of carbonyl (C=O) groups is 1.